The van der Waals surface area contributed by atoms with Crippen molar-refractivity contribution in [3.05, 3.63) is 23.4 Å². The summed E-state index contributed by atoms with van der Waals surface area (Å²) >= 11 is 0. The van der Waals surface area contributed by atoms with Crippen molar-refractivity contribution in [2.45, 2.75) is 46.0 Å². The van der Waals surface area contributed by atoms with Gasteiger partial charge in [0.1, 0.15) is 0 Å². The van der Waals surface area contributed by atoms with Gasteiger partial charge in [-0.15, -0.1) is 0 Å². The number of aliphatic hydroxyl groups excluding tert-OH is 1. The van der Waals surface area contributed by atoms with Gasteiger partial charge in [-0.25, -0.2) is 0 Å². The van der Waals surface area contributed by atoms with Crippen molar-refractivity contribution in [3.8, 4) is 0 Å². The highest BCUT2D eigenvalue weighted by atomic mass is 28.3. The van der Waals surface area contributed by atoms with Crippen molar-refractivity contribution in [3.63, 3.8) is 0 Å². The number of hydrogen-bond acceptors (Lipinski definition) is 1. The van der Waals surface area contributed by atoms with E-state index in [4.69, 9.17) is 0 Å². The first-order valence-electron chi connectivity index (χ1n) is 4.78. The van der Waals surface area contributed by atoms with Crippen LogP contribution in [0.5, 0.6) is 0 Å². The Bertz CT molecular complexity index is 211. The van der Waals surface area contributed by atoms with Crippen molar-refractivity contribution >= 4 is 8.07 Å². The van der Waals surface area contributed by atoms with Gasteiger partial charge in [0.05, 0.1) is 14.2 Å². The lowest BCUT2D eigenvalue weighted by Gasteiger charge is -2.23. The molecule has 0 radical (unpaired) electrons. The van der Waals surface area contributed by atoms with E-state index in [1.807, 2.05) is 6.92 Å². The van der Waals surface area contributed by atoms with Crippen LogP contribution < -0.4 is 0 Å². The van der Waals surface area contributed by atoms with Crippen molar-refractivity contribution in [1.82, 2.24) is 0 Å². The van der Waals surface area contributed by atoms with Gasteiger partial charge in [-0.05, 0) is 20.3 Å². The summed E-state index contributed by atoms with van der Waals surface area (Å²) in [6.07, 6.45) is 2.55. The first kappa shape index (κ1) is 12.7. The van der Waals surface area contributed by atoms with Crippen LogP contribution in [0.25, 0.3) is 0 Å². The van der Waals surface area contributed by atoms with Gasteiger partial charge in [0.2, 0.25) is 0 Å². The molecule has 0 heterocycles. The molecule has 0 aliphatic heterocycles. The molecular weight excluding hydrogens is 176 g/mol. The Morgan fingerprint density at radius 3 is 2.15 bits per heavy atom. The largest absolute Gasteiger partial charge is 0.388 e. The van der Waals surface area contributed by atoms with Crippen LogP contribution in [0.4, 0.5) is 0 Å². The van der Waals surface area contributed by atoms with E-state index < -0.39 is 8.07 Å². The molecule has 1 atom stereocenters. The standard InChI is InChI=1S/C11H22OSi/c1-7-10(13(4,5)6)8-11(12)9(2)3/h7,11-12H,2,8H2,1,3-6H3/b10-7+. The van der Waals surface area contributed by atoms with Crippen molar-refractivity contribution in [2.75, 3.05) is 0 Å². The summed E-state index contributed by atoms with van der Waals surface area (Å²) in [6, 6.07) is 0. The van der Waals surface area contributed by atoms with E-state index in [2.05, 4.69) is 39.2 Å². The van der Waals surface area contributed by atoms with E-state index in [1.54, 1.807) is 0 Å². The van der Waals surface area contributed by atoms with Crippen LogP contribution in [0.1, 0.15) is 20.3 Å². The van der Waals surface area contributed by atoms with Gasteiger partial charge in [0.25, 0.3) is 0 Å². The van der Waals surface area contributed by atoms with Gasteiger partial charge in [-0.1, -0.05) is 43.1 Å². The van der Waals surface area contributed by atoms with Gasteiger partial charge in [0, 0.05) is 0 Å². The molecule has 0 fully saturated rings. The Morgan fingerprint density at radius 2 is 1.92 bits per heavy atom. The molecule has 2 heteroatoms. The molecule has 0 aromatic heterocycles. The fourth-order valence-electron chi connectivity index (χ4n) is 1.24. The average molecular weight is 198 g/mol. The van der Waals surface area contributed by atoms with Gasteiger partial charge >= 0.3 is 0 Å². The summed E-state index contributed by atoms with van der Waals surface area (Å²) in [6.45, 7) is 14.6. The zero-order valence-electron chi connectivity index (χ0n) is 9.52. The Balaban J connectivity index is 4.42. The highest BCUT2D eigenvalue weighted by Crippen LogP contribution is 2.21. The lowest BCUT2D eigenvalue weighted by Crippen LogP contribution is -2.27. The minimum Gasteiger partial charge on any atom is -0.388 e. The highest BCUT2D eigenvalue weighted by molar-refractivity contribution is 6.83. The summed E-state index contributed by atoms with van der Waals surface area (Å²) < 4.78 is 0. The lowest BCUT2D eigenvalue weighted by atomic mass is 10.1. The molecule has 1 N–H and O–H groups in total. The molecule has 1 unspecified atom stereocenters. The second kappa shape index (κ2) is 4.77. The van der Waals surface area contributed by atoms with Crippen LogP contribution in [-0.2, 0) is 0 Å². The molecule has 13 heavy (non-hydrogen) atoms. The molecule has 0 aromatic rings. The molecule has 0 bridgehead atoms. The molecule has 0 rings (SSSR count). The zero-order valence-corrected chi connectivity index (χ0v) is 10.5. The molecule has 0 spiro atoms. The van der Waals surface area contributed by atoms with Crippen LogP contribution in [0.3, 0.4) is 0 Å². The molecular formula is C11H22OSi. The fourth-order valence-corrected chi connectivity index (χ4v) is 2.91. The van der Waals surface area contributed by atoms with E-state index in [0.29, 0.717) is 0 Å². The first-order chi connectivity index (χ1) is 5.79. The maximum absolute atomic E-state index is 9.67. The number of hydrogen-bond donors (Lipinski definition) is 1. The van der Waals surface area contributed by atoms with E-state index in [-0.39, 0.29) is 6.10 Å². The van der Waals surface area contributed by atoms with Crippen LogP contribution in [-0.4, -0.2) is 19.3 Å². The van der Waals surface area contributed by atoms with Crippen LogP contribution in [0, 0.1) is 0 Å². The minimum absolute atomic E-state index is 0.363. The van der Waals surface area contributed by atoms with Gasteiger partial charge in [-0.2, -0.15) is 0 Å². The predicted molar refractivity (Wildman–Crippen MR) is 62.5 cm³/mol. The van der Waals surface area contributed by atoms with Crippen molar-refractivity contribution in [2.24, 2.45) is 0 Å². The van der Waals surface area contributed by atoms with Crippen molar-refractivity contribution in [1.29, 1.82) is 0 Å². The van der Waals surface area contributed by atoms with E-state index in [1.165, 1.54) is 5.20 Å². The minimum atomic E-state index is -1.24. The molecule has 0 saturated carbocycles. The third-order valence-electron chi connectivity index (χ3n) is 2.29. The topological polar surface area (TPSA) is 20.2 Å². The predicted octanol–water partition coefficient (Wildman–Crippen LogP) is 3.14. The summed E-state index contributed by atoms with van der Waals surface area (Å²) in [5.74, 6) is 0. The quantitative estimate of drug-likeness (QED) is 0.543. The zero-order chi connectivity index (χ0) is 10.6. The number of aliphatic hydroxyl groups is 1. The average Bonchev–Trinajstić information content (AvgIpc) is 1.96. The maximum Gasteiger partial charge on any atom is 0.0778 e. The fraction of sp³-hybridized carbons (Fsp3) is 0.636. The third kappa shape index (κ3) is 4.43. The number of rotatable bonds is 4. The Kier molecular flexibility index (Phi) is 4.65. The van der Waals surface area contributed by atoms with Gasteiger partial charge < -0.3 is 5.11 Å². The monoisotopic (exact) mass is 198 g/mol. The summed E-state index contributed by atoms with van der Waals surface area (Å²) in [5.41, 5.74) is 0.859. The van der Waals surface area contributed by atoms with Crippen molar-refractivity contribution < 1.29 is 5.11 Å². The Hall–Kier alpha value is -0.343. The molecule has 1 nitrogen and oxygen atoms in total. The molecule has 0 amide bonds. The molecule has 0 aliphatic rings. The summed E-state index contributed by atoms with van der Waals surface area (Å²) in [7, 11) is -1.24. The molecule has 0 aromatic carbocycles. The van der Waals surface area contributed by atoms with Crippen LogP contribution in [0.2, 0.25) is 19.6 Å². The van der Waals surface area contributed by atoms with Gasteiger partial charge in [-0.3, -0.25) is 0 Å². The maximum atomic E-state index is 9.67. The van der Waals surface area contributed by atoms with Crippen LogP contribution in [0.15, 0.2) is 23.4 Å². The third-order valence-corrected chi connectivity index (χ3v) is 4.71. The second-order valence-electron chi connectivity index (χ2n) is 4.63. The van der Waals surface area contributed by atoms with E-state index in [0.717, 1.165) is 12.0 Å². The SMILES string of the molecule is C=C(C)C(O)C/C(=C\C)[Si](C)(C)C. The lowest BCUT2D eigenvalue weighted by molar-refractivity contribution is 0.213. The van der Waals surface area contributed by atoms with E-state index >= 15 is 0 Å². The van der Waals surface area contributed by atoms with Gasteiger partial charge in [0.15, 0.2) is 0 Å². The molecule has 0 saturated heterocycles. The molecule has 0 aliphatic carbocycles. The Morgan fingerprint density at radius 1 is 1.46 bits per heavy atom. The van der Waals surface area contributed by atoms with E-state index in [9.17, 15) is 5.11 Å². The summed E-state index contributed by atoms with van der Waals surface area (Å²) in [4.78, 5) is 0. The smallest absolute Gasteiger partial charge is 0.0778 e. The Labute approximate surface area is 83.2 Å². The number of allylic oxidation sites excluding steroid dienone is 1. The highest BCUT2D eigenvalue weighted by Gasteiger charge is 2.21. The normalized spacial score (nSPS) is 15.7. The second-order valence-corrected chi connectivity index (χ2v) is 9.77. The van der Waals surface area contributed by atoms with Crippen LogP contribution >= 0.6 is 0 Å². The first-order valence-corrected chi connectivity index (χ1v) is 8.28. The molecule has 76 valence electrons. The summed E-state index contributed by atoms with van der Waals surface area (Å²) in [5, 5.41) is 11.1.